The van der Waals surface area contributed by atoms with Crippen molar-refractivity contribution in [2.45, 2.75) is 32.2 Å². The first kappa shape index (κ1) is 13.7. The predicted octanol–water partition coefficient (Wildman–Crippen LogP) is 3.80. The van der Waals surface area contributed by atoms with Crippen LogP contribution in [-0.2, 0) is 19.4 Å². The Bertz CT molecular complexity index is 514. The average Bonchev–Trinajstić information content (AvgIpc) is 3.05. The minimum atomic E-state index is 0.776. The second-order valence-corrected chi connectivity index (χ2v) is 6.43. The Labute approximate surface area is 124 Å². The Balaban J connectivity index is 1.30. The van der Waals surface area contributed by atoms with Gasteiger partial charge >= 0.3 is 0 Å². The quantitative estimate of drug-likeness (QED) is 0.782. The van der Waals surface area contributed by atoms with Crippen LogP contribution >= 0.6 is 11.3 Å². The zero-order chi connectivity index (χ0) is 13.6. The fourth-order valence-corrected chi connectivity index (χ4v) is 3.82. The summed E-state index contributed by atoms with van der Waals surface area (Å²) in [6, 6.07) is 12.4. The Morgan fingerprint density at radius 3 is 2.90 bits per heavy atom. The molecule has 20 heavy (non-hydrogen) atoms. The molecule has 0 atom stereocenters. The molecule has 0 aliphatic heterocycles. The molecule has 106 valence electrons. The maximum Gasteiger partial charge on any atom is 0.119 e. The molecule has 1 aliphatic carbocycles. The smallest absolute Gasteiger partial charge is 0.119 e. The molecular formula is C17H21NOS. The summed E-state index contributed by atoms with van der Waals surface area (Å²) in [5.41, 5.74) is 1.60. The van der Waals surface area contributed by atoms with Crippen molar-refractivity contribution in [3.63, 3.8) is 0 Å². The molecule has 1 aromatic heterocycles. The number of rotatable bonds is 7. The van der Waals surface area contributed by atoms with Crippen LogP contribution in [0.15, 0.2) is 36.4 Å². The first-order chi connectivity index (χ1) is 9.92. The van der Waals surface area contributed by atoms with Crippen molar-refractivity contribution in [1.82, 2.24) is 5.32 Å². The van der Waals surface area contributed by atoms with Gasteiger partial charge in [0, 0.05) is 16.3 Å². The number of thiophene rings is 1. The summed E-state index contributed by atoms with van der Waals surface area (Å²) in [7, 11) is 0. The first-order valence-electron chi connectivity index (χ1n) is 7.41. The number of para-hydroxylation sites is 1. The van der Waals surface area contributed by atoms with Crippen LogP contribution in [0.4, 0.5) is 0 Å². The number of ether oxygens (including phenoxy) is 1. The number of aryl methyl sites for hydroxylation is 2. The molecule has 0 radical (unpaired) electrons. The van der Waals surface area contributed by atoms with Crippen molar-refractivity contribution >= 4 is 11.3 Å². The first-order valence-corrected chi connectivity index (χ1v) is 8.22. The van der Waals surface area contributed by atoms with Gasteiger partial charge in [0.25, 0.3) is 0 Å². The summed E-state index contributed by atoms with van der Waals surface area (Å²) >= 11 is 1.99. The molecule has 0 bridgehead atoms. The van der Waals surface area contributed by atoms with Gasteiger partial charge in [-0.1, -0.05) is 18.2 Å². The summed E-state index contributed by atoms with van der Waals surface area (Å²) in [5.74, 6) is 0.960. The lowest BCUT2D eigenvalue weighted by Gasteiger charge is -2.06. The lowest BCUT2D eigenvalue weighted by molar-refractivity contribution is 0.308. The summed E-state index contributed by atoms with van der Waals surface area (Å²) in [4.78, 5) is 3.10. The van der Waals surface area contributed by atoms with E-state index in [0.29, 0.717) is 0 Å². The molecule has 1 aliphatic rings. The zero-order valence-electron chi connectivity index (χ0n) is 11.7. The molecule has 2 nitrogen and oxygen atoms in total. The van der Waals surface area contributed by atoms with Gasteiger partial charge in [-0.05, 0) is 56.0 Å². The largest absolute Gasteiger partial charge is 0.494 e. The molecule has 0 saturated carbocycles. The van der Waals surface area contributed by atoms with Crippen molar-refractivity contribution in [2.75, 3.05) is 13.2 Å². The van der Waals surface area contributed by atoms with Crippen molar-refractivity contribution < 1.29 is 4.74 Å². The van der Waals surface area contributed by atoms with Gasteiger partial charge in [-0.25, -0.2) is 0 Å². The maximum absolute atomic E-state index is 5.67. The topological polar surface area (TPSA) is 21.3 Å². The molecule has 1 aromatic carbocycles. The summed E-state index contributed by atoms with van der Waals surface area (Å²) in [6.45, 7) is 2.79. The molecule has 3 heteroatoms. The van der Waals surface area contributed by atoms with Gasteiger partial charge < -0.3 is 10.1 Å². The molecule has 2 aromatic rings. The van der Waals surface area contributed by atoms with E-state index in [2.05, 4.69) is 11.4 Å². The number of fused-ring (bicyclic) bond motifs is 1. The molecule has 1 N–H and O–H groups in total. The standard InChI is InChI=1S/C17H21NOS/c1-2-7-15(8-3-1)19-11-5-10-18-13-16-12-14-6-4-9-17(14)20-16/h1-3,7-8,12,18H,4-6,9-11,13H2. The van der Waals surface area contributed by atoms with Gasteiger partial charge in [0.2, 0.25) is 0 Å². The van der Waals surface area contributed by atoms with E-state index in [9.17, 15) is 0 Å². The number of hydrogen-bond donors (Lipinski definition) is 1. The third-order valence-electron chi connectivity index (χ3n) is 3.61. The Morgan fingerprint density at radius 1 is 1.15 bits per heavy atom. The van der Waals surface area contributed by atoms with Gasteiger partial charge in [0.05, 0.1) is 6.61 Å². The predicted molar refractivity (Wildman–Crippen MR) is 84.6 cm³/mol. The Hall–Kier alpha value is -1.32. The van der Waals surface area contributed by atoms with E-state index in [1.165, 1.54) is 24.1 Å². The van der Waals surface area contributed by atoms with Gasteiger partial charge in [0.1, 0.15) is 5.75 Å². The highest BCUT2D eigenvalue weighted by Gasteiger charge is 2.14. The third-order valence-corrected chi connectivity index (χ3v) is 4.84. The van der Waals surface area contributed by atoms with E-state index in [1.807, 2.05) is 41.7 Å². The third kappa shape index (κ3) is 3.62. The highest BCUT2D eigenvalue weighted by molar-refractivity contribution is 7.12. The SMILES string of the molecule is c1ccc(OCCCNCc2cc3c(s2)CCC3)cc1. The van der Waals surface area contributed by atoms with Crippen LogP contribution in [0.2, 0.25) is 0 Å². The van der Waals surface area contributed by atoms with Gasteiger partial charge in [0.15, 0.2) is 0 Å². The molecule has 3 rings (SSSR count). The zero-order valence-corrected chi connectivity index (χ0v) is 12.5. The highest BCUT2D eigenvalue weighted by atomic mass is 32.1. The lowest BCUT2D eigenvalue weighted by atomic mass is 10.2. The number of nitrogens with one attached hydrogen (secondary N) is 1. The van der Waals surface area contributed by atoms with E-state index in [4.69, 9.17) is 4.74 Å². The Kier molecular flexibility index (Phi) is 4.72. The van der Waals surface area contributed by atoms with Crippen molar-refractivity contribution in [3.8, 4) is 5.75 Å². The van der Waals surface area contributed by atoms with Crippen LogP contribution in [0.1, 0.15) is 28.2 Å². The Morgan fingerprint density at radius 2 is 2.05 bits per heavy atom. The second-order valence-electron chi connectivity index (χ2n) is 5.21. The lowest BCUT2D eigenvalue weighted by Crippen LogP contribution is -2.16. The molecule has 0 saturated heterocycles. The molecule has 1 heterocycles. The molecule has 0 unspecified atom stereocenters. The van der Waals surface area contributed by atoms with Gasteiger partial charge in [-0.3, -0.25) is 0 Å². The second kappa shape index (κ2) is 6.91. The van der Waals surface area contributed by atoms with Crippen molar-refractivity contribution in [3.05, 3.63) is 51.7 Å². The van der Waals surface area contributed by atoms with E-state index >= 15 is 0 Å². The number of benzene rings is 1. The minimum absolute atomic E-state index is 0.776. The van der Waals surface area contributed by atoms with Gasteiger partial charge in [-0.2, -0.15) is 0 Å². The van der Waals surface area contributed by atoms with E-state index < -0.39 is 0 Å². The fourth-order valence-electron chi connectivity index (χ4n) is 2.59. The van der Waals surface area contributed by atoms with E-state index in [-0.39, 0.29) is 0 Å². The average molecular weight is 287 g/mol. The van der Waals surface area contributed by atoms with Crippen LogP contribution in [0.25, 0.3) is 0 Å². The molecular weight excluding hydrogens is 266 g/mol. The number of hydrogen-bond acceptors (Lipinski definition) is 3. The molecule has 0 fully saturated rings. The van der Waals surface area contributed by atoms with Crippen molar-refractivity contribution in [1.29, 1.82) is 0 Å². The molecule has 0 amide bonds. The van der Waals surface area contributed by atoms with Crippen molar-refractivity contribution in [2.24, 2.45) is 0 Å². The van der Waals surface area contributed by atoms with E-state index in [1.54, 1.807) is 10.4 Å². The summed E-state index contributed by atoms with van der Waals surface area (Å²) in [6.07, 6.45) is 4.98. The van der Waals surface area contributed by atoms with Crippen LogP contribution in [0, 0.1) is 0 Å². The monoisotopic (exact) mass is 287 g/mol. The van der Waals surface area contributed by atoms with Crippen LogP contribution in [0.5, 0.6) is 5.75 Å². The summed E-state index contributed by atoms with van der Waals surface area (Å²) < 4.78 is 5.67. The molecule has 0 spiro atoms. The fraction of sp³-hybridized carbons (Fsp3) is 0.412. The van der Waals surface area contributed by atoms with Crippen LogP contribution in [-0.4, -0.2) is 13.2 Å². The summed E-state index contributed by atoms with van der Waals surface area (Å²) in [5, 5.41) is 3.51. The normalized spacial score (nSPS) is 13.4. The van der Waals surface area contributed by atoms with Crippen LogP contribution in [0.3, 0.4) is 0 Å². The highest BCUT2D eigenvalue weighted by Crippen LogP contribution is 2.30. The van der Waals surface area contributed by atoms with Crippen LogP contribution < -0.4 is 10.1 Å². The van der Waals surface area contributed by atoms with E-state index in [0.717, 1.165) is 31.9 Å². The maximum atomic E-state index is 5.67. The van der Waals surface area contributed by atoms with Gasteiger partial charge in [-0.15, -0.1) is 11.3 Å². The minimum Gasteiger partial charge on any atom is -0.494 e.